The van der Waals surface area contributed by atoms with Crippen LogP contribution in [-0.2, 0) is 28.1 Å². The summed E-state index contributed by atoms with van der Waals surface area (Å²) in [4.78, 5) is 14.4. The molecule has 1 aliphatic heterocycles. The monoisotopic (exact) mass is 456 g/mol. The third-order valence-electron chi connectivity index (χ3n) is 7.35. The summed E-state index contributed by atoms with van der Waals surface area (Å²) in [6.07, 6.45) is 0.661. The zero-order chi connectivity index (χ0) is 22.7. The number of nitrogens with zero attached hydrogens (tertiary/aromatic N) is 1. The van der Waals surface area contributed by atoms with Crippen LogP contribution in [0.2, 0.25) is 0 Å². The van der Waals surface area contributed by atoms with Gasteiger partial charge in [-0.2, -0.15) is 0 Å². The number of hydrogen-bond acceptors (Lipinski definition) is 3. The Morgan fingerprint density at radius 1 is 0.710 bits per heavy atom. The Balaban J connectivity index is 0.00000341. The summed E-state index contributed by atoms with van der Waals surface area (Å²) in [6, 6.07) is 0. The van der Waals surface area contributed by atoms with Gasteiger partial charge in [-0.1, -0.05) is 6.92 Å². The van der Waals surface area contributed by atoms with Gasteiger partial charge in [0.1, 0.15) is 5.76 Å². The maximum Gasteiger partial charge on any atom is 0.307 e. The normalized spacial score (nSPS) is 12.2. The van der Waals surface area contributed by atoms with Gasteiger partial charge >= 0.3 is 5.97 Å². The first kappa shape index (κ1) is 25.3. The van der Waals surface area contributed by atoms with Crippen LogP contribution < -0.4 is 4.90 Å². The molecule has 0 bridgehead atoms. The largest absolute Gasteiger partial charge is 0.431 e. The molecule has 3 rings (SSSR count). The number of carbonyl (C=O) groups excluding carboxylic acids is 1. The van der Waals surface area contributed by atoms with E-state index in [1.165, 1.54) is 73.9 Å². The van der Waals surface area contributed by atoms with Gasteiger partial charge in [0.15, 0.2) is 0 Å². The van der Waals surface area contributed by atoms with E-state index in [-0.39, 0.29) is 24.5 Å². The van der Waals surface area contributed by atoms with Crippen molar-refractivity contribution in [2.45, 2.75) is 75.7 Å². The Labute approximate surface area is 199 Å². The summed E-state index contributed by atoms with van der Waals surface area (Å²) in [5.41, 5.74) is 16.3. The first-order valence-electron chi connectivity index (χ1n) is 10.8. The van der Waals surface area contributed by atoms with E-state index in [1.54, 1.807) is 0 Å². The molecule has 1 aliphatic rings. The van der Waals surface area contributed by atoms with Gasteiger partial charge in [0.05, 0.1) is 11.4 Å². The van der Waals surface area contributed by atoms with Crippen LogP contribution in [0.4, 0.5) is 11.4 Å². The molecule has 0 amide bonds. The van der Waals surface area contributed by atoms with E-state index in [4.69, 9.17) is 4.74 Å². The minimum atomic E-state index is -0.266. The maximum absolute atomic E-state index is 12.0. The second-order valence-electron chi connectivity index (χ2n) is 8.75. The number of hydrogen-bond donors (Lipinski definition) is 0. The second-order valence-corrected chi connectivity index (χ2v) is 8.75. The zero-order valence-corrected chi connectivity index (χ0v) is 22.3. The quantitative estimate of drug-likeness (QED) is 0.361. The fraction of sp³-hybridized carbons (Fsp3) is 0.444. The minimum absolute atomic E-state index is 0. The first-order valence-corrected chi connectivity index (χ1v) is 10.8. The predicted molar refractivity (Wildman–Crippen MR) is 127 cm³/mol. The molecule has 0 saturated heterocycles. The van der Waals surface area contributed by atoms with E-state index >= 15 is 0 Å². The fourth-order valence-corrected chi connectivity index (χ4v) is 5.02. The Kier molecular flexibility index (Phi) is 7.25. The summed E-state index contributed by atoms with van der Waals surface area (Å²) in [5, 5.41) is 0. The molecule has 0 spiro atoms. The van der Waals surface area contributed by atoms with Crippen molar-refractivity contribution in [3.05, 3.63) is 61.4 Å². The zero-order valence-electron chi connectivity index (χ0n) is 20.9. The SMILES string of the molecule is CCC(OC(C)=O)=C1c2c(C)c(C)c(C)c(C)c2N(C)c2c(C)c(C)c(C)c(C)c21.[V]. The summed E-state index contributed by atoms with van der Waals surface area (Å²) in [7, 11) is 2.17. The van der Waals surface area contributed by atoms with Crippen molar-refractivity contribution in [2.75, 3.05) is 11.9 Å². The maximum atomic E-state index is 12.0. The Bertz CT molecular complexity index is 1050. The van der Waals surface area contributed by atoms with E-state index < -0.39 is 0 Å². The Hall–Kier alpha value is -1.97. The van der Waals surface area contributed by atoms with Gasteiger partial charge in [0.25, 0.3) is 0 Å². The number of benzene rings is 2. The van der Waals surface area contributed by atoms with Gasteiger partial charge in [0, 0.05) is 55.6 Å². The number of ether oxygens (including phenoxy) is 1. The second kappa shape index (κ2) is 8.88. The van der Waals surface area contributed by atoms with E-state index in [9.17, 15) is 4.79 Å². The number of fused-ring (bicyclic) bond motifs is 2. The van der Waals surface area contributed by atoms with Crippen LogP contribution in [0.1, 0.15) is 75.9 Å². The van der Waals surface area contributed by atoms with Gasteiger partial charge < -0.3 is 9.64 Å². The molecule has 1 heterocycles. The molecule has 0 aliphatic carbocycles. The van der Waals surface area contributed by atoms with Crippen LogP contribution in [0.25, 0.3) is 5.57 Å². The molecular formula is C27H35NO2V. The van der Waals surface area contributed by atoms with Crippen molar-refractivity contribution < 1.29 is 28.1 Å². The van der Waals surface area contributed by atoms with Crippen LogP contribution in [0, 0.1) is 55.4 Å². The number of allylic oxidation sites excluding steroid dienone is 1. The molecule has 31 heavy (non-hydrogen) atoms. The third-order valence-corrected chi connectivity index (χ3v) is 7.35. The fourth-order valence-electron chi connectivity index (χ4n) is 5.02. The number of anilines is 2. The van der Waals surface area contributed by atoms with Crippen molar-refractivity contribution in [2.24, 2.45) is 0 Å². The summed E-state index contributed by atoms with van der Waals surface area (Å²) in [5.74, 6) is 0.493. The van der Waals surface area contributed by atoms with Gasteiger partial charge in [-0.15, -0.1) is 0 Å². The van der Waals surface area contributed by atoms with Crippen molar-refractivity contribution in [1.29, 1.82) is 0 Å². The predicted octanol–water partition coefficient (Wildman–Crippen LogP) is 6.97. The minimum Gasteiger partial charge on any atom is -0.431 e. The average Bonchev–Trinajstić information content (AvgIpc) is 2.70. The average molecular weight is 457 g/mol. The molecule has 4 heteroatoms. The Morgan fingerprint density at radius 2 is 1.06 bits per heavy atom. The summed E-state index contributed by atoms with van der Waals surface area (Å²) < 4.78 is 5.84. The van der Waals surface area contributed by atoms with Gasteiger partial charge in [0.2, 0.25) is 0 Å². The molecule has 0 aromatic heterocycles. The number of rotatable bonds is 2. The van der Waals surface area contributed by atoms with Crippen molar-refractivity contribution in [1.82, 2.24) is 0 Å². The van der Waals surface area contributed by atoms with Gasteiger partial charge in [-0.3, -0.25) is 4.79 Å². The molecule has 0 atom stereocenters. The van der Waals surface area contributed by atoms with Gasteiger partial charge in [-0.05, 0) is 99.9 Å². The molecule has 3 nitrogen and oxygen atoms in total. The van der Waals surface area contributed by atoms with Crippen LogP contribution >= 0.6 is 0 Å². The number of carbonyl (C=O) groups is 1. The van der Waals surface area contributed by atoms with Crippen molar-refractivity contribution in [3.63, 3.8) is 0 Å². The standard InChI is InChI=1S/C27H35NO2.V/c1-12-22(30-21(10)29)25-23-17(6)13(2)15(4)19(8)26(23)28(11)27-20(9)16(5)14(3)18(7)24(25)27;/h12H2,1-11H3;. The topological polar surface area (TPSA) is 29.5 Å². The van der Waals surface area contributed by atoms with Crippen molar-refractivity contribution in [3.8, 4) is 0 Å². The van der Waals surface area contributed by atoms with E-state index in [2.05, 4.69) is 74.3 Å². The van der Waals surface area contributed by atoms with Crippen LogP contribution in [0.3, 0.4) is 0 Å². The number of esters is 1. The van der Waals surface area contributed by atoms with Gasteiger partial charge in [-0.25, -0.2) is 0 Å². The molecule has 2 aromatic carbocycles. The molecule has 1 radical (unpaired) electrons. The molecule has 0 saturated carbocycles. The van der Waals surface area contributed by atoms with Crippen LogP contribution in [-0.4, -0.2) is 13.0 Å². The molecule has 2 aromatic rings. The smallest absolute Gasteiger partial charge is 0.307 e. The van der Waals surface area contributed by atoms with Crippen LogP contribution in [0.15, 0.2) is 5.76 Å². The van der Waals surface area contributed by atoms with E-state index in [0.717, 1.165) is 11.3 Å². The molecule has 0 fully saturated rings. The third kappa shape index (κ3) is 3.66. The van der Waals surface area contributed by atoms with Crippen LogP contribution in [0.5, 0.6) is 0 Å². The molecule has 0 N–H and O–H groups in total. The summed E-state index contributed by atoms with van der Waals surface area (Å²) >= 11 is 0. The van der Waals surface area contributed by atoms with Crippen molar-refractivity contribution >= 4 is 22.9 Å². The molecule has 0 unspecified atom stereocenters. The van der Waals surface area contributed by atoms with E-state index in [0.29, 0.717) is 6.42 Å². The summed E-state index contributed by atoms with van der Waals surface area (Å²) in [6.45, 7) is 21.2. The molecule has 165 valence electrons. The first-order chi connectivity index (χ1) is 13.9. The Morgan fingerprint density at radius 3 is 1.39 bits per heavy atom. The molecular weight excluding hydrogens is 421 g/mol. The van der Waals surface area contributed by atoms with E-state index in [1.807, 2.05) is 0 Å².